The van der Waals surface area contributed by atoms with Crippen molar-refractivity contribution in [1.82, 2.24) is 19.7 Å². The Labute approximate surface area is 134 Å². The summed E-state index contributed by atoms with van der Waals surface area (Å²) in [5.41, 5.74) is 7.52. The monoisotopic (exact) mass is 315 g/mol. The zero-order valence-corrected chi connectivity index (χ0v) is 13.6. The van der Waals surface area contributed by atoms with E-state index < -0.39 is 0 Å². The molecule has 7 heteroatoms. The molecule has 1 fully saturated rings. The lowest BCUT2D eigenvalue weighted by atomic mass is 9.92. The quantitative estimate of drug-likeness (QED) is 0.894. The average Bonchev–Trinajstić information content (AvgIpc) is 2.81. The number of rotatable bonds is 2. The van der Waals surface area contributed by atoms with Crippen LogP contribution in [0, 0.1) is 12.8 Å². The molecule has 0 aromatic carbocycles. The number of nitrogens with zero attached hydrogens (tertiary/aromatic N) is 4. The van der Waals surface area contributed by atoms with Crippen LogP contribution >= 0.6 is 0 Å². The van der Waals surface area contributed by atoms with Gasteiger partial charge in [-0.3, -0.25) is 14.3 Å². The second-order valence-corrected chi connectivity index (χ2v) is 6.29. The summed E-state index contributed by atoms with van der Waals surface area (Å²) in [5, 5.41) is 5.19. The normalized spacial score (nSPS) is 21.6. The number of piperidine rings is 1. The standard InChI is InChI=1S/C16H21N5O2/c1-9-4-5-11(14(17)22)8-21(9)16(23)12-6-13-10(2)19-20(3)15(13)18-7-12/h6-7,9,11H,4-5,8H2,1-3H3,(H2,17,22)/t9-,11-/m1/s1. The molecule has 23 heavy (non-hydrogen) atoms. The SMILES string of the molecule is Cc1nn(C)c2ncc(C(=O)N3C[C@H](C(N)=O)CC[C@H]3C)cc12. The third kappa shape index (κ3) is 2.67. The van der Waals surface area contributed by atoms with Gasteiger partial charge in [0.05, 0.1) is 17.2 Å². The van der Waals surface area contributed by atoms with Crippen LogP contribution in [0.1, 0.15) is 35.8 Å². The van der Waals surface area contributed by atoms with Crippen LogP contribution in [0.25, 0.3) is 11.0 Å². The van der Waals surface area contributed by atoms with Crippen LogP contribution in [-0.2, 0) is 11.8 Å². The molecule has 7 nitrogen and oxygen atoms in total. The molecule has 1 aliphatic rings. The highest BCUT2D eigenvalue weighted by Gasteiger charge is 2.32. The molecule has 0 bridgehead atoms. The van der Waals surface area contributed by atoms with E-state index >= 15 is 0 Å². The number of hydrogen-bond donors (Lipinski definition) is 1. The summed E-state index contributed by atoms with van der Waals surface area (Å²) in [7, 11) is 1.83. The third-order valence-electron chi connectivity index (χ3n) is 4.66. The van der Waals surface area contributed by atoms with Crippen LogP contribution in [0.2, 0.25) is 0 Å². The van der Waals surface area contributed by atoms with Gasteiger partial charge < -0.3 is 10.6 Å². The van der Waals surface area contributed by atoms with Gasteiger partial charge in [-0.15, -0.1) is 0 Å². The number of nitrogens with two attached hydrogens (primary N) is 1. The number of carbonyl (C=O) groups is 2. The molecule has 3 heterocycles. The summed E-state index contributed by atoms with van der Waals surface area (Å²) in [6.45, 7) is 4.26. The van der Waals surface area contributed by atoms with Crippen LogP contribution < -0.4 is 5.73 Å². The van der Waals surface area contributed by atoms with E-state index in [9.17, 15) is 9.59 Å². The number of carbonyl (C=O) groups excluding carboxylic acids is 2. The first-order chi connectivity index (χ1) is 10.9. The number of primary amides is 1. The highest BCUT2D eigenvalue weighted by atomic mass is 16.2. The van der Waals surface area contributed by atoms with Crippen molar-refractivity contribution in [2.45, 2.75) is 32.7 Å². The molecule has 2 aromatic heterocycles. The number of amides is 2. The predicted octanol–water partition coefficient (Wildman–Crippen LogP) is 1.00. The fourth-order valence-electron chi connectivity index (χ4n) is 3.21. The van der Waals surface area contributed by atoms with Crippen LogP contribution in [0.3, 0.4) is 0 Å². The summed E-state index contributed by atoms with van der Waals surface area (Å²) in [5.74, 6) is -0.723. The van der Waals surface area contributed by atoms with Gasteiger partial charge in [0, 0.05) is 31.2 Å². The Bertz CT molecular complexity index is 782. The van der Waals surface area contributed by atoms with E-state index in [2.05, 4.69) is 10.1 Å². The second-order valence-electron chi connectivity index (χ2n) is 6.29. The Morgan fingerprint density at radius 2 is 2.09 bits per heavy atom. The lowest BCUT2D eigenvalue weighted by Gasteiger charge is -2.36. The van der Waals surface area contributed by atoms with Crippen molar-refractivity contribution in [1.29, 1.82) is 0 Å². The molecule has 0 spiro atoms. The fraction of sp³-hybridized carbons (Fsp3) is 0.500. The van der Waals surface area contributed by atoms with Gasteiger partial charge in [-0.2, -0.15) is 5.10 Å². The molecular formula is C16H21N5O2. The summed E-state index contributed by atoms with van der Waals surface area (Å²) in [6, 6.07) is 1.91. The Hall–Kier alpha value is -2.44. The maximum absolute atomic E-state index is 12.8. The molecule has 2 N–H and O–H groups in total. The molecular weight excluding hydrogens is 294 g/mol. The Balaban J connectivity index is 1.92. The predicted molar refractivity (Wildman–Crippen MR) is 85.7 cm³/mol. The van der Waals surface area contributed by atoms with E-state index in [-0.39, 0.29) is 23.8 Å². The largest absolute Gasteiger partial charge is 0.369 e. The summed E-state index contributed by atoms with van der Waals surface area (Å²) in [4.78, 5) is 30.4. The summed E-state index contributed by atoms with van der Waals surface area (Å²) in [6.07, 6.45) is 3.09. The summed E-state index contributed by atoms with van der Waals surface area (Å²) >= 11 is 0. The van der Waals surface area contributed by atoms with Crippen molar-refractivity contribution >= 4 is 22.8 Å². The van der Waals surface area contributed by atoms with Crippen molar-refractivity contribution in [2.24, 2.45) is 18.7 Å². The minimum Gasteiger partial charge on any atom is -0.369 e. The van der Waals surface area contributed by atoms with Crippen molar-refractivity contribution in [3.8, 4) is 0 Å². The minimum atomic E-state index is -0.341. The Morgan fingerprint density at radius 1 is 1.35 bits per heavy atom. The van der Waals surface area contributed by atoms with E-state index in [1.165, 1.54) is 0 Å². The molecule has 0 aliphatic carbocycles. The molecule has 0 unspecified atom stereocenters. The van der Waals surface area contributed by atoms with E-state index in [1.54, 1.807) is 15.8 Å². The molecule has 1 saturated heterocycles. The van der Waals surface area contributed by atoms with Crippen molar-refractivity contribution in [3.05, 3.63) is 23.5 Å². The van der Waals surface area contributed by atoms with Gasteiger partial charge in [0.15, 0.2) is 5.65 Å². The maximum Gasteiger partial charge on any atom is 0.255 e. The number of aromatic nitrogens is 3. The minimum absolute atomic E-state index is 0.0868. The molecule has 2 aromatic rings. The van der Waals surface area contributed by atoms with Crippen LogP contribution in [0.15, 0.2) is 12.3 Å². The number of hydrogen-bond acceptors (Lipinski definition) is 4. The first-order valence-corrected chi connectivity index (χ1v) is 7.78. The smallest absolute Gasteiger partial charge is 0.255 e. The zero-order chi connectivity index (χ0) is 16.7. The van der Waals surface area contributed by atoms with E-state index in [0.29, 0.717) is 12.1 Å². The number of pyridine rings is 1. The molecule has 1 aliphatic heterocycles. The molecule has 2 amide bonds. The second kappa shape index (κ2) is 5.64. The topological polar surface area (TPSA) is 94.1 Å². The Morgan fingerprint density at radius 3 is 2.78 bits per heavy atom. The zero-order valence-electron chi connectivity index (χ0n) is 13.6. The highest BCUT2D eigenvalue weighted by Crippen LogP contribution is 2.24. The fourth-order valence-corrected chi connectivity index (χ4v) is 3.21. The van der Waals surface area contributed by atoms with E-state index in [4.69, 9.17) is 5.73 Å². The van der Waals surface area contributed by atoms with Gasteiger partial charge >= 0.3 is 0 Å². The van der Waals surface area contributed by atoms with Crippen molar-refractivity contribution in [2.75, 3.05) is 6.54 Å². The van der Waals surface area contributed by atoms with Gasteiger partial charge in [-0.25, -0.2) is 4.98 Å². The molecule has 0 saturated carbocycles. The van der Waals surface area contributed by atoms with Gasteiger partial charge in [0.2, 0.25) is 5.91 Å². The van der Waals surface area contributed by atoms with Crippen LogP contribution in [0.4, 0.5) is 0 Å². The maximum atomic E-state index is 12.8. The summed E-state index contributed by atoms with van der Waals surface area (Å²) < 4.78 is 1.70. The molecule has 3 rings (SSSR count). The van der Waals surface area contributed by atoms with Gasteiger partial charge in [-0.1, -0.05) is 0 Å². The number of fused-ring (bicyclic) bond motifs is 1. The van der Waals surface area contributed by atoms with Crippen molar-refractivity contribution in [3.63, 3.8) is 0 Å². The van der Waals surface area contributed by atoms with Crippen LogP contribution in [0.5, 0.6) is 0 Å². The van der Waals surface area contributed by atoms with Gasteiger partial charge in [-0.05, 0) is 32.8 Å². The molecule has 122 valence electrons. The highest BCUT2D eigenvalue weighted by molar-refractivity contribution is 5.97. The van der Waals surface area contributed by atoms with E-state index in [0.717, 1.165) is 29.6 Å². The average molecular weight is 315 g/mol. The molecule has 2 atom stereocenters. The number of likely N-dealkylation sites (tertiary alicyclic amines) is 1. The third-order valence-corrected chi connectivity index (χ3v) is 4.66. The van der Waals surface area contributed by atoms with Crippen molar-refractivity contribution < 1.29 is 9.59 Å². The molecule has 0 radical (unpaired) electrons. The Kier molecular flexibility index (Phi) is 3.79. The van der Waals surface area contributed by atoms with Gasteiger partial charge in [0.1, 0.15) is 0 Å². The number of aryl methyl sites for hydroxylation is 2. The van der Waals surface area contributed by atoms with E-state index in [1.807, 2.05) is 27.0 Å². The first kappa shape index (κ1) is 15.5. The lowest BCUT2D eigenvalue weighted by molar-refractivity contribution is -0.123. The first-order valence-electron chi connectivity index (χ1n) is 7.78. The lowest BCUT2D eigenvalue weighted by Crippen LogP contribution is -2.48. The van der Waals surface area contributed by atoms with Crippen LogP contribution in [-0.4, -0.2) is 44.1 Å². The van der Waals surface area contributed by atoms with Gasteiger partial charge in [0.25, 0.3) is 5.91 Å².